The minimum atomic E-state index is -0.980. The number of non-ortho nitro benzene ring substituents is 1. The highest BCUT2D eigenvalue weighted by atomic mass is 35.5. The molecule has 8 N–H and O–H groups in total. The van der Waals surface area contributed by atoms with Gasteiger partial charge in [-0.05, 0) is 25.0 Å². The van der Waals surface area contributed by atoms with Gasteiger partial charge in [0.2, 0.25) is 11.8 Å². The first-order valence-electron chi connectivity index (χ1n) is 7.39. The largest absolute Gasteiger partial charge is 0.370 e. The Hall–Kier alpha value is -2.63. The maximum atomic E-state index is 12.2. The number of guanidine groups is 1. The summed E-state index contributed by atoms with van der Waals surface area (Å²) in [4.78, 5) is 39.2. The van der Waals surface area contributed by atoms with Crippen LogP contribution >= 0.6 is 24.8 Å². The number of anilines is 1. The second-order valence-corrected chi connectivity index (χ2v) is 5.11. The number of carbonyl (C=O) groups excluding carboxylic acids is 2. The quantitative estimate of drug-likeness (QED) is 0.136. The van der Waals surface area contributed by atoms with E-state index < -0.39 is 22.8 Å². The van der Waals surface area contributed by atoms with E-state index in [-0.39, 0.29) is 61.7 Å². The van der Waals surface area contributed by atoms with Crippen molar-refractivity contribution in [2.75, 3.05) is 18.0 Å². The standard InChI is InChI=1S/C14H21N7O4.2ClH/c15-8-12(22)20(9-3-5-10(6-4-9)21(24)25)11(13(16)23)2-1-7-19-14(17)18;;/h3-6,11H,1-2,7-8,15H2,(H2,16,23)(H4,17,18,19);2*1H/t11-;;/m0../s1. The van der Waals surface area contributed by atoms with Crippen molar-refractivity contribution in [1.82, 2.24) is 0 Å². The Morgan fingerprint density at radius 2 is 1.70 bits per heavy atom. The van der Waals surface area contributed by atoms with Gasteiger partial charge in [-0.15, -0.1) is 24.8 Å². The van der Waals surface area contributed by atoms with Crippen LogP contribution < -0.4 is 27.8 Å². The lowest BCUT2D eigenvalue weighted by Gasteiger charge is -2.29. The van der Waals surface area contributed by atoms with Crippen molar-refractivity contribution in [3.05, 3.63) is 34.4 Å². The molecule has 0 aliphatic heterocycles. The molecule has 0 spiro atoms. The van der Waals surface area contributed by atoms with Gasteiger partial charge >= 0.3 is 0 Å². The number of aliphatic imine (C=N–C) groups is 1. The number of carbonyl (C=O) groups is 2. The maximum Gasteiger partial charge on any atom is 0.269 e. The molecule has 1 aromatic carbocycles. The van der Waals surface area contributed by atoms with Crippen LogP contribution in [0.1, 0.15) is 12.8 Å². The minimum Gasteiger partial charge on any atom is -0.370 e. The van der Waals surface area contributed by atoms with Crippen molar-refractivity contribution in [3.8, 4) is 0 Å². The molecule has 1 rings (SSSR count). The Balaban J connectivity index is 0. The molecule has 27 heavy (non-hydrogen) atoms. The van der Waals surface area contributed by atoms with Gasteiger partial charge in [-0.25, -0.2) is 0 Å². The second-order valence-electron chi connectivity index (χ2n) is 5.11. The van der Waals surface area contributed by atoms with Crippen LogP contribution in [-0.2, 0) is 9.59 Å². The number of hydrogen-bond donors (Lipinski definition) is 4. The molecular weight excluding hydrogens is 401 g/mol. The summed E-state index contributed by atoms with van der Waals surface area (Å²) in [6.07, 6.45) is 0.599. The average Bonchev–Trinajstić information content (AvgIpc) is 2.56. The molecule has 1 atom stereocenters. The van der Waals surface area contributed by atoms with Crippen molar-refractivity contribution in [3.63, 3.8) is 0 Å². The Morgan fingerprint density at radius 3 is 2.11 bits per heavy atom. The predicted octanol–water partition coefficient (Wildman–Crippen LogP) is -0.362. The molecule has 0 aliphatic carbocycles. The first-order valence-corrected chi connectivity index (χ1v) is 7.39. The van der Waals surface area contributed by atoms with Crippen LogP contribution in [0.25, 0.3) is 0 Å². The molecule has 152 valence electrons. The van der Waals surface area contributed by atoms with E-state index in [0.717, 1.165) is 4.90 Å². The first kappa shape index (κ1) is 26.6. The van der Waals surface area contributed by atoms with Crippen LogP contribution in [0.15, 0.2) is 29.3 Å². The van der Waals surface area contributed by atoms with Gasteiger partial charge in [-0.2, -0.15) is 0 Å². The van der Waals surface area contributed by atoms with Crippen molar-refractivity contribution < 1.29 is 14.5 Å². The van der Waals surface area contributed by atoms with E-state index >= 15 is 0 Å². The second kappa shape index (κ2) is 12.7. The summed E-state index contributed by atoms with van der Waals surface area (Å²) in [5.74, 6) is -1.36. The predicted molar refractivity (Wildman–Crippen MR) is 107 cm³/mol. The fourth-order valence-electron chi connectivity index (χ4n) is 2.22. The third-order valence-electron chi connectivity index (χ3n) is 3.35. The third-order valence-corrected chi connectivity index (χ3v) is 3.35. The highest BCUT2D eigenvalue weighted by Crippen LogP contribution is 2.23. The summed E-state index contributed by atoms with van der Waals surface area (Å²) in [5, 5.41) is 10.7. The number of nitrogens with zero attached hydrogens (tertiary/aromatic N) is 3. The average molecular weight is 424 g/mol. The molecule has 0 heterocycles. The molecule has 0 fully saturated rings. The topological polar surface area (TPSA) is 197 Å². The molecule has 0 aliphatic rings. The minimum absolute atomic E-state index is 0. The molecule has 0 bridgehead atoms. The van der Waals surface area contributed by atoms with Crippen LogP contribution in [0.2, 0.25) is 0 Å². The summed E-state index contributed by atoms with van der Waals surface area (Å²) in [6.45, 7) is -0.0916. The number of rotatable bonds is 9. The molecule has 13 heteroatoms. The van der Waals surface area contributed by atoms with E-state index in [4.69, 9.17) is 22.9 Å². The smallest absolute Gasteiger partial charge is 0.269 e. The fourth-order valence-corrected chi connectivity index (χ4v) is 2.22. The van der Waals surface area contributed by atoms with E-state index in [1.54, 1.807) is 0 Å². The zero-order chi connectivity index (χ0) is 19.0. The summed E-state index contributed by atoms with van der Waals surface area (Å²) >= 11 is 0. The summed E-state index contributed by atoms with van der Waals surface area (Å²) < 4.78 is 0. The number of amides is 2. The van der Waals surface area contributed by atoms with Crippen molar-refractivity contribution >= 4 is 54.0 Å². The fraction of sp³-hybridized carbons (Fsp3) is 0.357. The van der Waals surface area contributed by atoms with Gasteiger partial charge in [-0.3, -0.25) is 29.6 Å². The molecule has 1 aromatic rings. The van der Waals surface area contributed by atoms with Crippen molar-refractivity contribution in [2.24, 2.45) is 27.9 Å². The molecule has 0 saturated carbocycles. The SMILES string of the molecule is Cl.Cl.NCC(=O)N(c1ccc([N+](=O)[O-])cc1)[C@@H](CCCN=C(N)N)C(N)=O. The molecular formula is C14H23Cl2N7O4. The third kappa shape index (κ3) is 8.07. The van der Waals surface area contributed by atoms with Gasteiger partial charge in [0.1, 0.15) is 6.04 Å². The number of benzene rings is 1. The van der Waals surface area contributed by atoms with Crippen LogP contribution in [0.3, 0.4) is 0 Å². The van der Waals surface area contributed by atoms with Gasteiger partial charge in [-0.1, -0.05) is 0 Å². The number of hydrogen-bond acceptors (Lipinski definition) is 6. The van der Waals surface area contributed by atoms with Gasteiger partial charge in [0, 0.05) is 24.4 Å². The molecule has 0 radical (unpaired) electrons. The Bertz CT molecular complexity index is 666. The lowest BCUT2D eigenvalue weighted by atomic mass is 10.1. The molecule has 2 amide bonds. The normalized spacial score (nSPS) is 10.6. The Labute approximate surface area is 168 Å². The van der Waals surface area contributed by atoms with Gasteiger partial charge in [0.15, 0.2) is 5.96 Å². The van der Waals surface area contributed by atoms with Gasteiger partial charge < -0.3 is 22.9 Å². The van der Waals surface area contributed by atoms with E-state index in [0.29, 0.717) is 6.42 Å². The highest BCUT2D eigenvalue weighted by molar-refractivity contribution is 6.01. The zero-order valence-electron chi connectivity index (χ0n) is 14.3. The monoisotopic (exact) mass is 423 g/mol. The van der Waals surface area contributed by atoms with Gasteiger partial charge in [0.25, 0.3) is 5.69 Å². The lowest BCUT2D eigenvalue weighted by Crippen LogP contribution is -2.50. The Kier molecular flexibility index (Phi) is 12.5. The van der Waals surface area contributed by atoms with E-state index in [2.05, 4.69) is 4.99 Å². The number of nitrogens with two attached hydrogens (primary N) is 4. The number of halogens is 2. The first-order chi connectivity index (χ1) is 11.8. The molecule has 0 aromatic heterocycles. The maximum absolute atomic E-state index is 12.2. The number of nitro benzene ring substituents is 1. The lowest BCUT2D eigenvalue weighted by molar-refractivity contribution is -0.384. The van der Waals surface area contributed by atoms with E-state index in [9.17, 15) is 19.7 Å². The van der Waals surface area contributed by atoms with E-state index in [1.807, 2.05) is 0 Å². The van der Waals surface area contributed by atoms with Crippen molar-refractivity contribution in [2.45, 2.75) is 18.9 Å². The summed E-state index contributed by atoms with van der Waals surface area (Å²) in [5.41, 5.74) is 21.4. The number of primary amides is 1. The van der Waals surface area contributed by atoms with Gasteiger partial charge in [0.05, 0.1) is 11.5 Å². The molecule has 0 unspecified atom stereocenters. The van der Waals surface area contributed by atoms with Crippen LogP contribution in [0.5, 0.6) is 0 Å². The molecule has 0 saturated heterocycles. The molecule has 11 nitrogen and oxygen atoms in total. The Morgan fingerprint density at radius 1 is 1.15 bits per heavy atom. The van der Waals surface area contributed by atoms with Crippen molar-refractivity contribution in [1.29, 1.82) is 0 Å². The highest BCUT2D eigenvalue weighted by Gasteiger charge is 2.28. The zero-order valence-corrected chi connectivity index (χ0v) is 15.9. The van der Waals surface area contributed by atoms with Crippen LogP contribution in [0.4, 0.5) is 11.4 Å². The summed E-state index contributed by atoms with van der Waals surface area (Å²) in [7, 11) is 0. The summed E-state index contributed by atoms with van der Waals surface area (Å²) in [6, 6.07) is 4.19. The van der Waals surface area contributed by atoms with Crippen LogP contribution in [0, 0.1) is 10.1 Å². The van der Waals surface area contributed by atoms with Crippen LogP contribution in [-0.4, -0.2) is 41.8 Å². The van der Waals surface area contributed by atoms with E-state index in [1.165, 1.54) is 24.3 Å². The number of nitro groups is 1.